The summed E-state index contributed by atoms with van der Waals surface area (Å²) in [5, 5.41) is 6.76. The summed E-state index contributed by atoms with van der Waals surface area (Å²) in [6, 6.07) is 1.53. The Hall–Kier alpha value is -1.93. The molecule has 8 heteroatoms. The lowest BCUT2D eigenvalue weighted by Crippen LogP contribution is -2.49. The van der Waals surface area contributed by atoms with Gasteiger partial charge in [0.1, 0.15) is 18.2 Å². The molecule has 4 amide bonds. The number of carbonyl (C=O) groups is 3. The fraction of sp³-hybridized carbons (Fsp3) is 0.588. The summed E-state index contributed by atoms with van der Waals surface area (Å²) in [5.41, 5.74) is 0.209. The van der Waals surface area contributed by atoms with Crippen LogP contribution < -0.4 is 5.32 Å². The van der Waals surface area contributed by atoms with Crippen LogP contribution in [0.4, 0.5) is 4.79 Å². The van der Waals surface area contributed by atoms with E-state index in [4.69, 9.17) is 4.74 Å². The van der Waals surface area contributed by atoms with Crippen LogP contribution in [0.25, 0.3) is 0 Å². The number of urea groups is 1. The average molecular weight is 363 g/mol. The van der Waals surface area contributed by atoms with Crippen LogP contribution in [0.15, 0.2) is 16.8 Å². The van der Waals surface area contributed by atoms with Crippen LogP contribution in [0, 0.1) is 5.92 Å². The molecule has 0 spiro atoms. The first kappa shape index (κ1) is 16.5. The zero-order valence-electron chi connectivity index (χ0n) is 14.1. The number of nitrogens with zero attached hydrogens (tertiary/aromatic N) is 2. The van der Waals surface area contributed by atoms with Crippen molar-refractivity contribution < 1.29 is 19.1 Å². The van der Waals surface area contributed by atoms with Crippen molar-refractivity contribution in [2.24, 2.45) is 5.92 Å². The van der Waals surface area contributed by atoms with Gasteiger partial charge in [0, 0.05) is 6.54 Å². The molecule has 4 rings (SSSR count). The Bertz CT molecular complexity index is 703. The van der Waals surface area contributed by atoms with Gasteiger partial charge in [-0.1, -0.05) is 0 Å². The van der Waals surface area contributed by atoms with Crippen molar-refractivity contribution in [3.8, 4) is 0 Å². The molecule has 3 aliphatic rings. The molecule has 0 bridgehead atoms. The van der Waals surface area contributed by atoms with Crippen LogP contribution in [-0.2, 0) is 14.3 Å². The lowest BCUT2D eigenvalue weighted by Gasteiger charge is -2.33. The smallest absolute Gasteiger partial charge is 0.325 e. The predicted molar refractivity (Wildman–Crippen MR) is 91.0 cm³/mol. The fourth-order valence-corrected chi connectivity index (χ4v) is 4.27. The molecule has 2 unspecified atom stereocenters. The number of thiophene rings is 1. The van der Waals surface area contributed by atoms with Gasteiger partial charge in [-0.2, -0.15) is 11.3 Å². The van der Waals surface area contributed by atoms with E-state index in [0.717, 1.165) is 23.3 Å². The molecule has 0 aromatic carbocycles. The van der Waals surface area contributed by atoms with Crippen molar-refractivity contribution >= 4 is 29.2 Å². The van der Waals surface area contributed by atoms with Gasteiger partial charge < -0.3 is 15.0 Å². The molecule has 25 heavy (non-hydrogen) atoms. The number of hydrogen-bond acceptors (Lipinski definition) is 5. The summed E-state index contributed by atoms with van der Waals surface area (Å²) in [6.07, 6.45) is 1.73. The van der Waals surface area contributed by atoms with Gasteiger partial charge in [-0.05, 0) is 48.1 Å². The maximum Gasteiger partial charge on any atom is 0.325 e. The highest BCUT2D eigenvalue weighted by Crippen LogP contribution is 2.42. The Labute approximate surface area is 149 Å². The van der Waals surface area contributed by atoms with Gasteiger partial charge in [0.2, 0.25) is 5.91 Å². The third-order valence-corrected chi connectivity index (χ3v) is 6.02. The minimum Gasteiger partial charge on any atom is -0.370 e. The summed E-state index contributed by atoms with van der Waals surface area (Å²) in [4.78, 5) is 40.2. The van der Waals surface area contributed by atoms with E-state index in [9.17, 15) is 14.4 Å². The molecular weight excluding hydrogens is 342 g/mol. The molecule has 2 atom stereocenters. The van der Waals surface area contributed by atoms with Crippen LogP contribution in [0.2, 0.25) is 0 Å². The molecule has 2 aliphatic heterocycles. The van der Waals surface area contributed by atoms with Crippen molar-refractivity contribution in [1.82, 2.24) is 15.1 Å². The Balaban J connectivity index is 1.41. The molecule has 1 N–H and O–H groups in total. The molecule has 1 aromatic heterocycles. The SMILES string of the molecule is CC1(C2CC2)NC(=O)N(CC(=O)N2CCOC(c3ccsc3)C2)C1=O. The van der Waals surface area contributed by atoms with E-state index in [1.165, 1.54) is 0 Å². The zero-order chi connectivity index (χ0) is 17.6. The summed E-state index contributed by atoms with van der Waals surface area (Å²) < 4.78 is 5.74. The van der Waals surface area contributed by atoms with E-state index in [-0.39, 0.29) is 30.4 Å². The maximum absolute atomic E-state index is 12.7. The van der Waals surface area contributed by atoms with Gasteiger partial charge in [0.15, 0.2) is 0 Å². The molecule has 134 valence electrons. The number of carbonyl (C=O) groups excluding carboxylic acids is 3. The van der Waals surface area contributed by atoms with Crippen LogP contribution in [0.5, 0.6) is 0 Å². The van der Waals surface area contributed by atoms with Crippen molar-refractivity contribution in [1.29, 1.82) is 0 Å². The first-order valence-corrected chi connectivity index (χ1v) is 9.49. The molecule has 3 heterocycles. The largest absolute Gasteiger partial charge is 0.370 e. The minimum absolute atomic E-state index is 0.149. The zero-order valence-corrected chi connectivity index (χ0v) is 14.9. The molecule has 1 aliphatic carbocycles. The first-order valence-electron chi connectivity index (χ1n) is 8.54. The number of morpholine rings is 1. The molecule has 1 saturated carbocycles. The van der Waals surface area contributed by atoms with E-state index < -0.39 is 11.6 Å². The second-order valence-corrected chi connectivity index (χ2v) is 7.83. The van der Waals surface area contributed by atoms with Gasteiger partial charge >= 0.3 is 6.03 Å². The Morgan fingerprint density at radius 2 is 2.24 bits per heavy atom. The summed E-state index contributed by atoms with van der Waals surface area (Å²) in [7, 11) is 0. The standard InChI is InChI=1S/C17H21N3O4S/c1-17(12-2-3-12)15(22)20(16(23)18-17)9-14(21)19-5-6-24-13(8-19)11-4-7-25-10-11/h4,7,10,12-13H,2-3,5-6,8-9H2,1H3,(H,18,23). The lowest BCUT2D eigenvalue weighted by molar-refractivity contribution is -0.143. The normalized spacial score (nSPS) is 29.9. The van der Waals surface area contributed by atoms with Gasteiger partial charge in [0.05, 0.1) is 13.2 Å². The number of ether oxygens (including phenoxy) is 1. The maximum atomic E-state index is 12.7. The van der Waals surface area contributed by atoms with Crippen molar-refractivity contribution in [3.05, 3.63) is 22.4 Å². The fourth-order valence-electron chi connectivity index (χ4n) is 3.57. The third kappa shape index (κ3) is 2.93. The van der Waals surface area contributed by atoms with Gasteiger partial charge in [-0.25, -0.2) is 4.79 Å². The second kappa shape index (κ2) is 6.10. The number of nitrogens with one attached hydrogen (secondary N) is 1. The highest BCUT2D eigenvalue weighted by Gasteiger charge is 2.56. The van der Waals surface area contributed by atoms with E-state index in [2.05, 4.69) is 5.32 Å². The molecule has 0 radical (unpaired) electrons. The van der Waals surface area contributed by atoms with E-state index in [1.807, 2.05) is 16.8 Å². The van der Waals surface area contributed by atoms with E-state index in [0.29, 0.717) is 19.7 Å². The molecular formula is C17H21N3O4S. The highest BCUT2D eigenvalue weighted by atomic mass is 32.1. The highest BCUT2D eigenvalue weighted by molar-refractivity contribution is 7.07. The Kier molecular flexibility index (Phi) is 4.04. The summed E-state index contributed by atoms with van der Waals surface area (Å²) >= 11 is 1.59. The number of imide groups is 1. The van der Waals surface area contributed by atoms with Crippen LogP contribution >= 0.6 is 11.3 Å². The van der Waals surface area contributed by atoms with Crippen molar-refractivity contribution in [2.45, 2.75) is 31.4 Å². The third-order valence-electron chi connectivity index (χ3n) is 5.32. The molecule has 7 nitrogen and oxygen atoms in total. The van der Waals surface area contributed by atoms with Crippen LogP contribution in [0.1, 0.15) is 31.4 Å². The van der Waals surface area contributed by atoms with Crippen LogP contribution in [-0.4, -0.2) is 59.4 Å². The Morgan fingerprint density at radius 1 is 1.44 bits per heavy atom. The monoisotopic (exact) mass is 363 g/mol. The molecule has 2 saturated heterocycles. The van der Waals surface area contributed by atoms with Crippen LogP contribution in [0.3, 0.4) is 0 Å². The average Bonchev–Trinajstić information content (AvgIpc) is 3.28. The van der Waals surface area contributed by atoms with Crippen molar-refractivity contribution in [3.63, 3.8) is 0 Å². The quantitative estimate of drug-likeness (QED) is 0.820. The molecule has 1 aromatic rings. The lowest BCUT2D eigenvalue weighted by atomic mass is 9.96. The summed E-state index contributed by atoms with van der Waals surface area (Å²) in [6.45, 7) is 2.92. The minimum atomic E-state index is -0.846. The van der Waals surface area contributed by atoms with E-state index in [1.54, 1.807) is 23.2 Å². The number of rotatable bonds is 4. The topological polar surface area (TPSA) is 79.0 Å². The molecule has 3 fully saturated rings. The van der Waals surface area contributed by atoms with Gasteiger partial charge in [-0.3, -0.25) is 14.5 Å². The number of hydrogen-bond donors (Lipinski definition) is 1. The first-order chi connectivity index (χ1) is 12.0. The summed E-state index contributed by atoms with van der Waals surface area (Å²) in [5.74, 6) is -0.307. The second-order valence-electron chi connectivity index (χ2n) is 7.05. The van der Waals surface area contributed by atoms with Crippen molar-refractivity contribution in [2.75, 3.05) is 26.2 Å². The van der Waals surface area contributed by atoms with Gasteiger partial charge in [-0.15, -0.1) is 0 Å². The Morgan fingerprint density at radius 3 is 2.92 bits per heavy atom. The van der Waals surface area contributed by atoms with E-state index >= 15 is 0 Å². The predicted octanol–water partition coefficient (Wildman–Crippen LogP) is 1.37. The van der Waals surface area contributed by atoms with Gasteiger partial charge in [0.25, 0.3) is 5.91 Å². The number of amides is 4.